The van der Waals surface area contributed by atoms with Gasteiger partial charge in [0, 0.05) is 42.7 Å². The highest BCUT2D eigenvalue weighted by molar-refractivity contribution is 7.99. The maximum Gasteiger partial charge on any atom is 0.243 e. The summed E-state index contributed by atoms with van der Waals surface area (Å²) in [7, 11) is -3.50. The van der Waals surface area contributed by atoms with Crippen LogP contribution < -0.4 is 0 Å². The molecule has 0 unspecified atom stereocenters. The summed E-state index contributed by atoms with van der Waals surface area (Å²) in [5.41, 5.74) is 1.39. The number of thioether (sulfide) groups is 1. The van der Waals surface area contributed by atoms with Crippen molar-refractivity contribution in [1.29, 1.82) is 0 Å². The Morgan fingerprint density at radius 1 is 1.03 bits per heavy atom. The Bertz CT molecular complexity index is 1230. The van der Waals surface area contributed by atoms with Crippen molar-refractivity contribution in [2.24, 2.45) is 0 Å². The van der Waals surface area contributed by atoms with Crippen molar-refractivity contribution in [3.8, 4) is 11.4 Å². The van der Waals surface area contributed by atoms with Crippen molar-refractivity contribution in [3.63, 3.8) is 0 Å². The topological polar surface area (TPSA) is 98.0 Å². The lowest BCUT2D eigenvalue weighted by molar-refractivity contribution is 0.102. The molecule has 1 aromatic carbocycles. The molecule has 0 N–H and O–H groups in total. The number of aromatic nitrogens is 4. The molecule has 1 aliphatic carbocycles. The molecule has 1 saturated carbocycles. The van der Waals surface area contributed by atoms with Gasteiger partial charge in [0.1, 0.15) is 0 Å². The number of rotatable bonds is 8. The molecule has 172 valence electrons. The summed E-state index contributed by atoms with van der Waals surface area (Å²) in [4.78, 5) is 17.2. The van der Waals surface area contributed by atoms with E-state index in [1.54, 1.807) is 24.5 Å². The lowest BCUT2D eigenvalue weighted by Crippen LogP contribution is -2.35. The number of Topliss-reactive ketones (excluding diaryl/α,β-unsaturated/α-hetero) is 1. The van der Waals surface area contributed by atoms with E-state index in [9.17, 15) is 13.2 Å². The summed E-state index contributed by atoms with van der Waals surface area (Å²) in [6.07, 6.45) is 8.47. The van der Waals surface area contributed by atoms with Gasteiger partial charge in [-0.15, -0.1) is 10.2 Å². The Kier molecular flexibility index (Phi) is 6.31. The fraction of sp³-hybridized carbons (Fsp3) is 0.391. The van der Waals surface area contributed by atoms with Crippen LogP contribution in [0.2, 0.25) is 0 Å². The van der Waals surface area contributed by atoms with Crippen molar-refractivity contribution in [3.05, 3.63) is 54.4 Å². The van der Waals surface area contributed by atoms with Gasteiger partial charge >= 0.3 is 0 Å². The Hall–Kier alpha value is -2.56. The highest BCUT2D eigenvalue weighted by Crippen LogP contribution is 2.41. The van der Waals surface area contributed by atoms with Gasteiger partial charge < -0.3 is 0 Å². The number of carbonyl (C=O) groups excluding carboxylic acids is 1. The molecule has 10 heteroatoms. The third-order valence-electron chi connectivity index (χ3n) is 5.96. The average molecular weight is 484 g/mol. The van der Waals surface area contributed by atoms with E-state index in [4.69, 9.17) is 0 Å². The maximum atomic E-state index is 12.8. The SMILES string of the molecule is O=C(CSc1nnc(-c2cccnc2)n1C1CC1)c1ccc(S(=O)(=O)N2CCCCC2)cc1. The lowest BCUT2D eigenvalue weighted by Gasteiger charge is -2.25. The van der Waals surface area contributed by atoms with Gasteiger partial charge in [-0.05, 0) is 49.9 Å². The summed E-state index contributed by atoms with van der Waals surface area (Å²) >= 11 is 1.36. The second kappa shape index (κ2) is 9.36. The maximum absolute atomic E-state index is 12.8. The minimum atomic E-state index is -3.50. The van der Waals surface area contributed by atoms with E-state index in [0.29, 0.717) is 29.9 Å². The smallest absolute Gasteiger partial charge is 0.243 e. The van der Waals surface area contributed by atoms with E-state index >= 15 is 0 Å². The Morgan fingerprint density at radius 3 is 2.45 bits per heavy atom. The van der Waals surface area contributed by atoms with Crippen LogP contribution in [0.25, 0.3) is 11.4 Å². The molecule has 0 spiro atoms. The Labute approximate surface area is 197 Å². The number of piperidine rings is 1. The van der Waals surface area contributed by atoms with Gasteiger partial charge in [-0.3, -0.25) is 14.3 Å². The molecule has 0 amide bonds. The summed E-state index contributed by atoms with van der Waals surface area (Å²) in [5.74, 6) is 0.902. The van der Waals surface area contributed by atoms with Crippen LogP contribution in [0.1, 0.15) is 48.5 Å². The Morgan fingerprint density at radius 2 is 1.79 bits per heavy atom. The van der Waals surface area contributed by atoms with Gasteiger partial charge in [-0.1, -0.05) is 30.3 Å². The van der Waals surface area contributed by atoms with Crippen LogP contribution in [0.4, 0.5) is 0 Å². The molecule has 3 aromatic rings. The normalized spacial score (nSPS) is 17.2. The zero-order valence-corrected chi connectivity index (χ0v) is 19.8. The zero-order chi connectivity index (χ0) is 22.8. The highest BCUT2D eigenvalue weighted by atomic mass is 32.2. The van der Waals surface area contributed by atoms with Crippen molar-refractivity contribution < 1.29 is 13.2 Å². The van der Waals surface area contributed by atoms with E-state index in [-0.39, 0.29) is 16.4 Å². The molecule has 1 saturated heterocycles. The van der Waals surface area contributed by atoms with Gasteiger partial charge in [0.05, 0.1) is 10.6 Å². The summed E-state index contributed by atoms with van der Waals surface area (Å²) in [6, 6.07) is 10.5. The Balaban J connectivity index is 1.28. The average Bonchev–Trinajstić information content (AvgIpc) is 3.62. The quantitative estimate of drug-likeness (QED) is 0.355. The number of ketones is 1. The monoisotopic (exact) mass is 483 g/mol. The van der Waals surface area contributed by atoms with Gasteiger partial charge in [0.25, 0.3) is 0 Å². The van der Waals surface area contributed by atoms with Crippen molar-refractivity contribution in [2.45, 2.75) is 48.2 Å². The number of hydrogen-bond donors (Lipinski definition) is 0. The second-order valence-electron chi connectivity index (χ2n) is 8.35. The molecule has 1 aliphatic heterocycles. The molecule has 2 aliphatic rings. The van der Waals surface area contributed by atoms with Crippen LogP contribution in [-0.4, -0.2) is 57.1 Å². The predicted octanol–water partition coefficient (Wildman–Crippen LogP) is 3.82. The number of carbonyl (C=O) groups is 1. The zero-order valence-electron chi connectivity index (χ0n) is 18.1. The summed E-state index contributed by atoms with van der Waals surface area (Å²) in [5, 5.41) is 9.40. The van der Waals surface area contributed by atoms with E-state index in [0.717, 1.165) is 43.5 Å². The van der Waals surface area contributed by atoms with E-state index in [1.165, 1.54) is 28.2 Å². The molecular formula is C23H25N5O3S2. The van der Waals surface area contributed by atoms with Crippen LogP contribution in [0, 0.1) is 0 Å². The molecule has 2 aromatic heterocycles. The van der Waals surface area contributed by atoms with Gasteiger partial charge in [-0.2, -0.15) is 4.31 Å². The van der Waals surface area contributed by atoms with Gasteiger partial charge in [-0.25, -0.2) is 8.42 Å². The third kappa shape index (κ3) is 4.73. The highest BCUT2D eigenvalue weighted by Gasteiger charge is 2.30. The first-order valence-corrected chi connectivity index (χ1v) is 13.6. The lowest BCUT2D eigenvalue weighted by atomic mass is 10.1. The fourth-order valence-corrected chi connectivity index (χ4v) is 6.43. The first-order valence-electron chi connectivity index (χ1n) is 11.2. The van der Waals surface area contributed by atoms with Crippen molar-refractivity contribution >= 4 is 27.6 Å². The van der Waals surface area contributed by atoms with Crippen molar-refractivity contribution in [1.82, 2.24) is 24.1 Å². The first-order chi connectivity index (χ1) is 16.0. The molecule has 0 atom stereocenters. The first kappa shape index (κ1) is 22.2. The third-order valence-corrected chi connectivity index (χ3v) is 8.81. The van der Waals surface area contributed by atoms with Crippen LogP contribution in [0.5, 0.6) is 0 Å². The summed E-state index contributed by atoms with van der Waals surface area (Å²) < 4.78 is 29.3. The molecule has 0 bridgehead atoms. The van der Waals surface area contributed by atoms with Gasteiger partial charge in [0.15, 0.2) is 16.8 Å². The largest absolute Gasteiger partial charge is 0.299 e. The van der Waals surface area contributed by atoms with Crippen molar-refractivity contribution in [2.75, 3.05) is 18.8 Å². The van der Waals surface area contributed by atoms with Crippen LogP contribution in [0.3, 0.4) is 0 Å². The predicted molar refractivity (Wildman–Crippen MR) is 126 cm³/mol. The number of pyridine rings is 1. The second-order valence-corrected chi connectivity index (χ2v) is 11.2. The number of benzene rings is 1. The molecule has 8 nitrogen and oxygen atoms in total. The molecule has 3 heterocycles. The van der Waals surface area contributed by atoms with E-state index in [2.05, 4.69) is 19.7 Å². The number of hydrogen-bond acceptors (Lipinski definition) is 7. The number of sulfonamides is 1. The molecule has 0 radical (unpaired) electrons. The minimum absolute atomic E-state index is 0.0739. The minimum Gasteiger partial charge on any atom is -0.299 e. The molecule has 33 heavy (non-hydrogen) atoms. The van der Waals surface area contributed by atoms with Gasteiger partial charge in [0.2, 0.25) is 10.0 Å². The molecule has 5 rings (SSSR count). The van der Waals surface area contributed by atoms with Crippen LogP contribution >= 0.6 is 11.8 Å². The molecular weight excluding hydrogens is 458 g/mol. The van der Waals surface area contributed by atoms with E-state index < -0.39 is 10.0 Å². The molecule has 2 fully saturated rings. The summed E-state index contributed by atoms with van der Waals surface area (Å²) in [6.45, 7) is 1.12. The standard InChI is InChI=1S/C23H25N5O3S2/c29-21(17-6-10-20(11-7-17)33(30,31)27-13-2-1-3-14-27)16-32-23-26-25-22(28(23)19-8-9-19)18-5-4-12-24-15-18/h4-7,10-12,15,19H,1-3,8-9,13-14,16H2. The fourth-order valence-electron chi connectivity index (χ4n) is 4.01. The van der Waals surface area contributed by atoms with E-state index in [1.807, 2.05) is 12.1 Å². The number of nitrogens with zero attached hydrogens (tertiary/aromatic N) is 5. The van der Waals surface area contributed by atoms with Crippen LogP contribution in [-0.2, 0) is 10.0 Å². The van der Waals surface area contributed by atoms with Crippen LogP contribution in [0.15, 0.2) is 58.8 Å².